The number of anilines is 2. The second-order valence-electron chi connectivity index (χ2n) is 4.18. The van der Waals surface area contributed by atoms with Gasteiger partial charge in [-0.3, -0.25) is 4.84 Å². The average molecular weight is 242 g/mol. The van der Waals surface area contributed by atoms with Gasteiger partial charge in [0.25, 0.3) is 0 Å². The van der Waals surface area contributed by atoms with Gasteiger partial charge in [-0.25, -0.2) is 15.0 Å². The number of nitrogen functional groups attached to an aromatic ring is 1. The lowest BCUT2D eigenvalue weighted by Gasteiger charge is -2.23. The Morgan fingerprint density at radius 1 is 1.22 bits per heavy atom. The van der Waals surface area contributed by atoms with Crippen molar-refractivity contribution < 1.29 is 4.84 Å². The minimum absolute atomic E-state index is 0.181. The molecule has 0 amide bonds. The predicted molar refractivity (Wildman–Crippen MR) is 68.7 cm³/mol. The Labute approximate surface area is 105 Å². The number of hydroxylamine groups is 1. The molecule has 92 valence electrons. The van der Waals surface area contributed by atoms with Crippen LogP contribution in [0.4, 0.5) is 11.6 Å². The van der Waals surface area contributed by atoms with Gasteiger partial charge in [0.05, 0.1) is 12.6 Å². The van der Waals surface area contributed by atoms with Crippen molar-refractivity contribution in [3.05, 3.63) is 48.3 Å². The van der Waals surface area contributed by atoms with E-state index >= 15 is 0 Å². The van der Waals surface area contributed by atoms with E-state index in [1.165, 1.54) is 11.9 Å². The minimum Gasteiger partial charge on any atom is -0.384 e. The molecule has 1 aromatic heterocycles. The lowest BCUT2D eigenvalue weighted by Crippen LogP contribution is -2.22. The molecule has 0 aliphatic carbocycles. The summed E-state index contributed by atoms with van der Waals surface area (Å²) in [7, 11) is 0. The molecule has 1 fully saturated rings. The summed E-state index contributed by atoms with van der Waals surface area (Å²) in [4.78, 5) is 13.7. The van der Waals surface area contributed by atoms with Crippen LogP contribution in [0.25, 0.3) is 0 Å². The number of hydrogen-bond acceptors (Lipinski definition) is 5. The van der Waals surface area contributed by atoms with Gasteiger partial charge in [-0.15, -0.1) is 0 Å². The summed E-state index contributed by atoms with van der Waals surface area (Å²) in [6, 6.07) is 12.2. The van der Waals surface area contributed by atoms with Crippen molar-refractivity contribution in [2.75, 3.05) is 17.4 Å². The van der Waals surface area contributed by atoms with E-state index in [0.29, 0.717) is 18.2 Å². The Morgan fingerprint density at radius 3 is 2.83 bits per heavy atom. The quantitative estimate of drug-likeness (QED) is 0.871. The predicted octanol–water partition coefficient (Wildman–Crippen LogP) is 1.94. The van der Waals surface area contributed by atoms with Gasteiger partial charge in [0.15, 0.2) is 5.82 Å². The maximum atomic E-state index is 5.68. The third kappa shape index (κ3) is 2.00. The van der Waals surface area contributed by atoms with Crippen LogP contribution in [-0.4, -0.2) is 16.6 Å². The molecule has 1 aromatic carbocycles. The van der Waals surface area contributed by atoms with Crippen LogP contribution < -0.4 is 10.8 Å². The van der Waals surface area contributed by atoms with Crippen molar-refractivity contribution in [1.82, 2.24) is 9.97 Å². The van der Waals surface area contributed by atoms with Crippen molar-refractivity contribution in [3.63, 3.8) is 0 Å². The topological polar surface area (TPSA) is 64.3 Å². The lowest BCUT2D eigenvalue weighted by atomic mass is 10.0. The van der Waals surface area contributed by atoms with E-state index in [9.17, 15) is 0 Å². The summed E-state index contributed by atoms with van der Waals surface area (Å²) in [5.74, 6) is 1.15. The highest BCUT2D eigenvalue weighted by Crippen LogP contribution is 2.33. The van der Waals surface area contributed by atoms with Gasteiger partial charge in [0, 0.05) is 12.5 Å². The SMILES string of the molecule is Nc1cc(N2OCC[C@@H]2c2ccccc2)ncn1. The van der Waals surface area contributed by atoms with Gasteiger partial charge in [-0.05, 0) is 5.56 Å². The number of aromatic nitrogens is 2. The first-order valence-electron chi connectivity index (χ1n) is 5.89. The Morgan fingerprint density at radius 2 is 2.06 bits per heavy atom. The Balaban J connectivity index is 1.92. The van der Waals surface area contributed by atoms with Crippen LogP contribution in [0.1, 0.15) is 18.0 Å². The fourth-order valence-corrected chi connectivity index (χ4v) is 2.15. The van der Waals surface area contributed by atoms with E-state index in [1.807, 2.05) is 23.3 Å². The van der Waals surface area contributed by atoms with Crippen molar-refractivity contribution in [2.45, 2.75) is 12.5 Å². The first kappa shape index (κ1) is 11.0. The van der Waals surface area contributed by atoms with Crippen LogP contribution >= 0.6 is 0 Å². The number of nitrogens with zero attached hydrogens (tertiary/aromatic N) is 3. The molecule has 1 saturated heterocycles. The maximum Gasteiger partial charge on any atom is 0.158 e. The van der Waals surface area contributed by atoms with Crippen LogP contribution in [0.3, 0.4) is 0 Å². The molecule has 0 spiro atoms. The molecular formula is C13H14N4O. The van der Waals surface area contributed by atoms with Crippen LogP contribution in [0.15, 0.2) is 42.7 Å². The molecule has 5 nitrogen and oxygen atoms in total. The molecule has 0 radical (unpaired) electrons. The van der Waals surface area contributed by atoms with Crippen molar-refractivity contribution in [1.29, 1.82) is 0 Å². The van der Waals surface area contributed by atoms with Crippen LogP contribution in [0, 0.1) is 0 Å². The van der Waals surface area contributed by atoms with Gasteiger partial charge in [0.2, 0.25) is 0 Å². The molecule has 2 N–H and O–H groups in total. The zero-order valence-electron chi connectivity index (χ0n) is 9.86. The largest absolute Gasteiger partial charge is 0.384 e. The van der Waals surface area contributed by atoms with Crippen molar-refractivity contribution in [3.8, 4) is 0 Å². The second kappa shape index (κ2) is 4.62. The first-order chi connectivity index (χ1) is 8.84. The Kier molecular flexibility index (Phi) is 2.82. The molecule has 2 heterocycles. The van der Waals surface area contributed by atoms with Gasteiger partial charge >= 0.3 is 0 Å². The van der Waals surface area contributed by atoms with E-state index in [4.69, 9.17) is 10.6 Å². The number of hydrogen-bond donors (Lipinski definition) is 1. The summed E-state index contributed by atoms with van der Waals surface area (Å²) in [5, 5.41) is 1.81. The summed E-state index contributed by atoms with van der Waals surface area (Å²) in [6.07, 6.45) is 2.39. The minimum atomic E-state index is 0.181. The third-order valence-corrected chi connectivity index (χ3v) is 2.99. The number of rotatable bonds is 2. The van der Waals surface area contributed by atoms with E-state index in [2.05, 4.69) is 22.1 Å². The molecule has 0 unspecified atom stereocenters. The first-order valence-corrected chi connectivity index (χ1v) is 5.89. The highest BCUT2D eigenvalue weighted by atomic mass is 16.7. The maximum absolute atomic E-state index is 5.68. The third-order valence-electron chi connectivity index (χ3n) is 2.99. The lowest BCUT2D eigenvalue weighted by molar-refractivity contribution is 0.157. The highest BCUT2D eigenvalue weighted by molar-refractivity contribution is 5.46. The summed E-state index contributed by atoms with van der Waals surface area (Å²) in [6.45, 7) is 0.684. The number of benzene rings is 1. The number of nitrogens with two attached hydrogens (primary N) is 1. The van der Waals surface area contributed by atoms with Gasteiger partial charge in [-0.2, -0.15) is 0 Å². The average Bonchev–Trinajstić information content (AvgIpc) is 2.89. The van der Waals surface area contributed by atoms with Crippen molar-refractivity contribution in [2.24, 2.45) is 0 Å². The fourth-order valence-electron chi connectivity index (χ4n) is 2.15. The van der Waals surface area contributed by atoms with Gasteiger partial charge in [0.1, 0.15) is 12.1 Å². The summed E-state index contributed by atoms with van der Waals surface area (Å²) >= 11 is 0. The molecule has 1 atom stereocenters. The second-order valence-corrected chi connectivity index (χ2v) is 4.18. The molecule has 0 saturated carbocycles. The van der Waals surface area contributed by atoms with Gasteiger partial charge in [-0.1, -0.05) is 30.3 Å². The fraction of sp³-hybridized carbons (Fsp3) is 0.231. The molecule has 0 bridgehead atoms. The normalized spacial score (nSPS) is 19.1. The Bertz CT molecular complexity index is 532. The summed E-state index contributed by atoms with van der Waals surface area (Å²) < 4.78 is 0. The molecule has 2 aromatic rings. The molecule has 1 aliphatic rings. The zero-order chi connectivity index (χ0) is 12.4. The molecule has 3 rings (SSSR count). The smallest absolute Gasteiger partial charge is 0.158 e. The van der Waals surface area contributed by atoms with Crippen LogP contribution in [-0.2, 0) is 4.84 Å². The molecule has 5 heteroatoms. The molecular weight excluding hydrogens is 228 g/mol. The van der Waals surface area contributed by atoms with E-state index in [1.54, 1.807) is 6.07 Å². The van der Waals surface area contributed by atoms with Crippen LogP contribution in [0.2, 0.25) is 0 Å². The molecule has 1 aliphatic heterocycles. The van der Waals surface area contributed by atoms with Gasteiger partial charge < -0.3 is 5.73 Å². The van der Waals surface area contributed by atoms with E-state index in [0.717, 1.165) is 6.42 Å². The highest BCUT2D eigenvalue weighted by Gasteiger charge is 2.28. The van der Waals surface area contributed by atoms with Crippen LogP contribution in [0.5, 0.6) is 0 Å². The van der Waals surface area contributed by atoms with Crippen molar-refractivity contribution >= 4 is 11.6 Å². The monoisotopic (exact) mass is 242 g/mol. The molecule has 18 heavy (non-hydrogen) atoms. The van der Waals surface area contributed by atoms with E-state index in [-0.39, 0.29) is 6.04 Å². The van der Waals surface area contributed by atoms with E-state index < -0.39 is 0 Å². The Hall–Kier alpha value is -2.14. The standard InChI is InChI=1S/C13H14N4O/c14-12-8-13(16-9-15-12)17-11(6-7-18-17)10-4-2-1-3-5-10/h1-5,8-9,11H,6-7H2,(H2,14,15,16)/t11-/m1/s1. The zero-order valence-corrected chi connectivity index (χ0v) is 9.86. The summed E-state index contributed by atoms with van der Waals surface area (Å²) in [5.41, 5.74) is 6.89.